The smallest absolute Gasteiger partial charge is 0.269 e. The standard InChI is InChI=1S/C7H7ClN2O6S2/c8-5-1-3-6(4-2-5)17(12,13)9-7(11)10-18(14,15)16/h1-4H,(H2,9,10,11)(H,14,15,16). The fraction of sp³-hybridized carbons (Fsp3) is 0. The number of urea groups is 1. The molecule has 0 spiro atoms. The van der Waals surface area contributed by atoms with Crippen LogP contribution in [0.15, 0.2) is 29.2 Å². The zero-order chi connectivity index (χ0) is 14.0. The van der Waals surface area contributed by atoms with Gasteiger partial charge in [-0.25, -0.2) is 22.7 Å². The van der Waals surface area contributed by atoms with Crippen molar-refractivity contribution < 1.29 is 26.2 Å². The Morgan fingerprint density at radius 3 is 2.00 bits per heavy atom. The maximum atomic E-state index is 11.5. The summed E-state index contributed by atoms with van der Waals surface area (Å²) in [6, 6.07) is 3.18. The van der Waals surface area contributed by atoms with Crippen LogP contribution in [0.25, 0.3) is 0 Å². The summed E-state index contributed by atoms with van der Waals surface area (Å²) in [6.45, 7) is 0. The predicted octanol–water partition coefficient (Wildman–Crippen LogP) is 0.131. The molecule has 3 N–H and O–H groups in total. The van der Waals surface area contributed by atoms with Gasteiger partial charge in [0.1, 0.15) is 0 Å². The molecule has 0 aliphatic carbocycles. The minimum absolute atomic E-state index is 0.288. The van der Waals surface area contributed by atoms with Gasteiger partial charge in [-0.05, 0) is 24.3 Å². The highest BCUT2D eigenvalue weighted by atomic mass is 35.5. The molecule has 11 heteroatoms. The van der Waals surface area contributed by atoms with Crippen LogP contribution in [0.1, 0.15) is 0 Å². The summed E-state index contributed by atoms with van der Waals surface area (Å²) < 4.78 is 54.4. The molecule has 1 rings (SSSR count). The van der Waals surface area contributed by atoms with Crippen LogP contribution in [-0.2, 0) is 20.3 Å². The summed E-state index contributed by atoms with van der Waals surface area (Å²) in [5.41, 5.74) is 0. The van der Waals surface area contributed by atoms with Crippen LogP contribution >= 0.6 is 11.6 Å². The summed E-state index contributed by atoms with van der Waals surface area (Å²) in [6.07, 6.45) is 0. The van der Waals surface area contributed by atoms with Crippen LogP contribution in [-0.4, -0.2) is 27.4 Å². The number of hydrogen-bond donors (Lipinski definition) is 3. The summed E-state index contributed by atoms with van der Waals surface area (Å²) in [5, 5.41) is 0.288. The van der Waals surface area contributed by atoms with Crippen LogP contribution in [0.3, 0.4) is 0 Å². The molecule has 0 fully saturated rings. The van der Waals surface area contributed by atoms with Gasteiger partial charge in [0.05, 0.1) is 4.90 Å². The van der Waals surface area contributed by atoms with E-state index in [4.69, 9.17) is 16.2 Å². The second-order valence-corrected chi connectivity index (χ2v) is 6.24. The Bertz CT molecular complexity index is 652. The molecule has 0 radical (unpaired) electrons. The monoisotopic (exact) mass is 314 g/mol. The second-order valence-electron chi connectivity index (χ2n) is 2.97. The van der Waals surface area contributed by atoms with E-state index in [9.17, 15) is 21.6 Å². The van der Waals surface area contributed by atoms with Crippen molar-refractivity contribution in [3.05, 3.63) is 29.3 Å². The van der Waals surface area contributed by atoms with Gasteiger partial charge in [0, 0.05) is 5.02 Å². The summed E-state index contributed by atoms with van der Waals surface area (Å²) >= 11 is 5.55. The van der Waals surface area contributed by atoms with Gasteiger partial charge in [-0.3, -0.25) is 4.55 Å². The number of amides is 2. The van der Waals surface area contributed by atoms with Crippen LogP contribution in [0.4, 0.5) is 4.79 Å². The second kappa shape index (κ2) is 5.10. The van der Waals surface area contributed by atoms with Crippen LogP contribution < -0.4 is 9.44 Å². The molecule has 0 saturated carbocycles. The lowest BCUT2D eigenvalue weighted by atomic mass is 10.4. The molecule has 0 bridgehead atoms. The number of sulfonamides is 1. The maximum Gasteiger partial charge on any atom is 0.361 e. The Balaban J connectivity index is 2.89. The van der Waals surface area contributed by atoms with Gasteiger partial charge >= 0.3 is 16.3 Å². The third-order valence-corrected chi connectivity index (χ3v) is 3.61. The largest absolute Gasteiger partial charge is 0.361 e. The fourth-order valence-corrected chi connectivity index (χ4v) is 2.32. The average Bonchev–Trinajstić information content (AvgIpc) is 2.13. The van der Waals surface area contributed by atoms with Crippen molar-refractivity contribution in [1.82, 2.24) is 9.44 Å². The molecular weight excluding hydrogens is 308 g/mol. The molecule has 1 aromatic rings. The van der Waals surface area contributed by atoms with E-state index in [-0.39, 0.29) is 9.92 Å². The minimum Gasteiger partial charge on any atom is -0.269 e. The summed E-state index contributed by atoms with van der Waals surface area (Å²) in [7, 11) is -9.08. The fourth-order valence-electron chi connectivity index (χ4n) is 0.933. The van der Waals surface area contributed by atoms with Crippen molar-refractivity contribution in [2.75, 3.05) is 0 Å². The third kappa shape index (κ3) is 4.49. The molecule has 0 aliphatic heterocycles. The van der Waals surface area contributed by atoms with Crippen molar-refractivity contribution >= 4 is 38.0 Å². The molecule has 8 nitrogen and oxygen atoms in total. The average molecular weight is 315 g/mol. The summed E-state index contributed by atoms with van der Waals surface area (Å²) in [5.74, 6) is 0. The number of hydrogen-bond acceptors (Lipinski definition) is 5. The number of carbonyl (C=O) groups excluding carboxylic acids is 1. The van der Waals surface area contributed by atoms with Crippen molar-refractivity contribution in [2.24, 2.45) is 0 Å². The quantitative estimate of drug-likeness (QED) is 0.680. The SMILES string of the molecule is O=C(NS(=O)(=O)O)NS(=O)(=O)c1ccc(Cl)cc1. The molecule has 0 aromatic heterocycles. The first-order chi connectivity index (χ1) is 8.10. The molecule has 100 valence electrons. The van der Waals surface area contributed by atoms with Gasteiger partial charge in [0.2, 0.25) is 0 Å². The highest BCUT2D eigenvalue weighted by Gasteiger charge is 2.19. The molecule has 0 atom stereocenters. The lowest BCUT2D eigenvalue weighted by Crippen LogP contribution is -2.42. The van der Waals surface area contributed by atoms with Crippen molar-refractivity contribution in [3.8, 4) is 0 Å². The van der Waals surface area contributed by atoms with Crippen LogP contribution in [0.2, 0.25) is 5.02 Å². The van der Waals surface area contributed by atoms with E-state index in [1.807, 2.05) is 0 Å². The molecule has 2 amide bonds. The number of benzene rings is 1. The zero-order valence-electron chi connectivity index (χ0n) is 8.49. The highest BCUT2D eigenvalue weighted by Crippen LogP contribution is 2.13. The Morgan fingerprint density at radius 2 is 1.56 bits per heavy atom. The normalized spacial score (nSPS) is 11.9. The summed E-state index contributed by atoms with van der Waals surface area (Å²) in [4.78, 5) is 10.7. The van der Waals surface area contributed by atoms with Gasteiger partial charge in [-0.1, -0.05) is 11.6 Å². The van der Waals surface area contributed by atoms with Gasteiger partial charge in [0.15, 0.2) is 0 Å². The molecule has 0 saturated heterocycles. The Labute approximate surface area is 108 Å². The van der Waals surface area contributed by atoms with Gasteiger partial charge in [-0.2, -0.15) is 8.42 Å². The third-order valence-electron chi connectivity index (χ3n) is 1.57. The van der Waals surface area contributed by atoms with E-state index in [0.717, 1.165) is 16.9 Å². The van der Waals surface area contributed by atoms with E-state index >= 15 is 0 Å². The molecular formula is C7H7ClN2O6S2. The predicted molar refractivity (Wildman–Crippen MR) is 61.9 cm³/mol. The van der Waals surface area contributed by atoms with Crippen LogP contribution in [0, 0.1) is 0 Å². The molecule has 0 heterocycles. The van der Waals surface area contributed by atoms with E-state index < -0.39 is 26.4 Å². The topological polar surface area (TPSA) is 130 Å². The number of halogens is 1. The van der Waals surface area contributed by atoms with E-state index in [0.29, 0.717) is 0 Å². The van der Waals surface area contributed by atoms with Crippen molar-refractivity contribution in [2.45, 2.75) is 4.90 Å². The lowest BCUT2D eigenvalue weighted by Gasteiger charge is -2.06. The van der Waals surface area contributed by atoms with E-state index in [2.05, 4.69) is 0 Å². The van der Waals surface area contributed by atoms with Crippen molar-refractivity contribution in [3.63, 3.8) is 0 Å². The first-order valence-corrected chi connectivity index (χ1v) is 7.48. The van der Waals surface area contributed by atoms with Crippen molar-refractivity contribution in [1.29, 1.82) is 0 Å². The first-order valence-electron chi connectivity index (χ1n) is 4.18. The van der Waals surface area contributed by atoms with Gasteiger partial charge in [-0.15, -0.1) is 0 Å². The zero-order valence-corrected chi connectivity index (χ0v) is 10.9. The highest BCUT2D eigenvalue weighted by molar-refractivity contribution is 7.90. The van der Waals surface area contributed by atoms with Gasteiger partial charge < -0.3 is 0 Å². The molecule has 0 unspecified atom stereocenters. The number of nitrogens with one attached hydrogen (secondary N) is 2. The number of rotatable bonds is 3. The van der Waals surface area contributed by atoms with E-state index in [1.54, 1.807) is 0 Å². The number of carbonyl (C=O) groups is 1. The Hall–Kier alpha value is -1.36. The van der Waals surface area contributed by atoms with E-state index in [1.165, 1.54) is 16.9 Å². The lowest BCUT2D eigenvalue weighted by molar-refractivity contribution is 0.249. The first kappa shape index (κ1) is 14.7. The molecule has 18 heavy (non-hydrogen) atoms. The minimum atomic E-state index is -4.83. The molecule has 1 aromatic carbocycles. The van der Waals surface area contributed by atoms with Crippen LogP contribution in [0.5, 0.6) is 0 Å². The molecule has 0 aliphatic rings. The van der Waals surface area contributed by atoms with Gasteiger partial charge in [0.25, 0.3) is 10.0 Å². The Kier molecular flexibility index (Phi) is 4.16. The Morgan fingerprint density at radius 1 is 1.06 bits per heavy atom. The maximum absolute atomic E-state index is 11.5.